The van der Waals surface area contributed by atoms with Gasteiger partial charge in [0.15, 0.2) is 0 Å². The molecular formula is C19H27N3O4. The molecule has 26 heavy (non-hydrogen) atoms. The van der Waals surface area contributed by atoms with E-state index >= 15 is 0 Å². The molecular weight excluding hydrogens is 334 g/mol. The molecule has 0 aliphatic carbocycles. The molecule has 1 saturated heterocycles. The van der Waals surface area contributed by atoms with E-state index in [2.05, 4.69) is 10.6 Å². The molecule has 0 bridgehead atoms. The van der Waals surface area contributed by atoms with Gasteiger partial charge in [0.05, 0.1) is 19.6 Å². The Morgan fingerprint density at radius 3 is 2.65 bits per heavy atom. The molecule has 2 rings (SSSR count). The van der Waals surface area contributed by atoms with Crippen LogP contribution >= 0.6 is 0 Å². The van der Waals surface area contributed by atoms with Gasteiger partial charge in [0.1, 0.15) is 6.04 Å². The number of benzene rings is 1. The molecule has 1 aromatic carbocycles. The summed E-state index contributed by atoms with van der Waals surface area (Å²) in [6.07, 6.45) is 0.674. The molecule has 7 nitrogen and oxygen atoms in total. The van der Waals surface area contributed by atoms with Crippen molar-refractivity contribution in [2.24, 2.45) is 0 Å². The summed E-state index contributed by atoms with van der Waals surface area (Å²) in [6, 6.07) is 5.12. The van der Waals surface area contributed by atoms with Crippen molar-refractivity contribution in [2.75, 3.05) is 31.6 Å². The van der Waals surface area contributed by atoms with E-state index in [4.69, 9.17) is 4.74 Å². The highest BCUT2D eigenvalue weighted by Gasteiger charge is 2.33. The van der Waals surface area contributed by atoms with Crippen LogP contribution in [0, 0.1) is 13.8 Å². The van der Waals surface area contributed by atoms with Crippen LogP contribution in [0.5, 0.6) is 0 Å². The lowest BCUT2D eigenvalue weighted by atomic mass is 10.1. The zero-order chi connectivity index (χ0) is 19.1. The molecule has 2 N–H and O–H groups in total. The summed E-state index contributed by atoms with van der Waals surface area (Å²) < 4.78 is 5.08. The monoisotopic (exact) mass is 361 g/mol. The largest absolute Gasteiger partial charge is 0.466 e. The average molecular weight is 361 g/mol. The molecule has 1 aliphatic rings. The maximum atomic E-state index is 12.5. The Morgan fingerprint density at radius 2 is 2.00 bits per heavy atom. The second-order valence-corrected chi connectivity index (χ2v) is 6.52. The molecule has 2 amide bonds. The number of esters is 1. The number of carbonyl (C=O) groups is 3. The lowest BCUT2D eigenvalue weighted by Gasteiger charge is -2.34. The smallest absolute Gasteiger partial charge is 0.307 e. The van der Waals surface area contributed by atoms with Gasteiger partial charge in [-0.1, -0.05) is 25.1 Å². The van der Waals surface area contributed by atoms with Crippen LogP contribution in [-0.2, 0) is 19.1 Å². The summed E-state index contributed by atoms with van der Waals surface area (Å²) in [7, 11) is 0. The van der Waals surface area contributed by atoms with E-state index in [-0.39, 0.29) is 24.8 Å². The van der Waals surface area contributed by atoms with Gasteiger partial charge in [-0.05, 0) is 31.4 Å². The Morgan fingerprint density at radius 1 is 1.31 bits per heavy atom. The first-order chi connectivity index (χ1) is 12.4. The molecule has 1 atom stereocenters. The normalized spacial score (nSPS) is 17.5. The van der Waals surface area contributed by atoms with Crippen LogP contribution in [0.4, 0.5) is 5.69 Å². The lowest BCUT2D eigenvalue weighted by molar-refractivity contribution is -0.148. The molecule has 1 fully saturated rings. The number of rotatable bonds is 7. The van der Waals surface area contributed by atoms with Crippen LogP contribution in [0.15, 0.2) is 18.2 Å². The fraction of sp³-hybridized carbons (Fsp3) is 0.526. The number of hydrogen-bond donors (Lipinski definition) is 2. The van der Waals surface area contributed by atoms with Gasteiger partial charge in [0.2, 0.25) is 11.8 Å². The van der Waals surface area contributed by atoms with Crippen molar-refractivity contribution in [3.8, 4) is 0 Å². The molecule has 1 heterocycles. The van der Waals surface area contributed by atoms with Crippen LogP contribution in [0.1, 0.15) is 30.9 Å². The number of hydrogen-bond acceptors (Lipinski definition) is 5. The summed E-state index contributed by atoms with van der Waals surface area (Å²) in [5.74, 6) is -0.873. The topological polar surface area (TPSA) is 87.7 Å². The third-order valence-electron chi connectivity index (χ3n) is 4.36. The molecule has 0 aromatic heterocycles. The van der Waals surface area contributed by atoms with Crippen molar-refractivity contribution in [2.45, 2.75) is 39.7 Å². The third-order valence-corrected chi connectivity index (χ3v) is 4.36. The summed E-state index contributed by atoms with van der Waals surface area (Å²) in [4.78, 5) is 38.3. The number of nitrogens with one attached hydrogen (secondary N) is 2. The van der Waals surface area contributed by atoms with E-state index in [0.29, 0.717) is 19.7 Å². The van der Waals surface area contributed by atoms with Crippen molar-refractivity contribution < 1.29 is 19.1 Å². The first-order valence-corrected chi connectivity index (χ1v) is 8.95. The molecule has 0 spiro atoms. The van der Waals surface area contributed by atoms with Crippen molar-refractivity contribution in [1.82, 2.24) is 10.2 Å². The van der Waals surface area contributed by atoms with Crippen LogP contribution in [0.25, 0.3) is 0 Å². The Labute approximate surface area is 154 Å². The minimum atomic E-state index is -0.683. The predicted octanol–water partition coefficient (Wildman–Crippen LogP) is 1.39. The number of para-hydroxylation sites is 1. The van der Waals surface area contributed by atoms with Crippen LogP contribution in [0.2, 0.25) is 0 Å². The lowest BCUT2D eigenvalue weighted by Crippen LogP contribution is -2.57. The summed E-state index contributed by atoms with van der Waals surface area (Å²) in [5.41, 5.74) is 2.75. The maximum Gasteiger partial charge on any atom is 0.307 e. The summed E-state index contributed by atoms with van der Waals surface area (Å²) in [6.45, 7) is 7.12. The Hall–Kier alpha value is -2.41. The van der Waals surface area contributed by atoms with Gasteiger partial charge in [0.25, 0.3) is 0 Å². The van der Waals surface area contributed by atoms with Gasteiger partial charge < -0.3 is 15.4 Å². The first kappa shape index (κ1) is 19.9. The zero-order valence-electron chi connectivity index (χ0n) is 15.6. The molecule has 142 valence electrons. The summed E-state index contributed by atoms with van der Waals surface area (Å²) >= 11 is 0. The molecule has 1 aliphatic heterocycles. The van der Waals surface area contributed by atoms with Crippen molar-refractivity contribution in [1.29, 1.82) is 0 Å². The second-order valence-electron chi connectivity index (χ2n) is 6.52. The molecule has 1 unspecified atom stereocenters. The van der Waals surface area contributed by atoms with Gasteiger partial charge in [-0.25, -0.2) is 0 Å². The molecule has 0 radical (unpaired) electrons. The zero-order valence-corrected chi connectivity index (χ0v) is 15.6. The van der Waals surface area contributed by atoms with E-state index < -0.39 is 12.0 Å². The van der Waals surface area contributed by atoms with Crippen molar-refractivity contribution >= 4 is 23.5 Å². The summed E-state index contributed by atoms with van der Waals surface area (Å²) in [5, 5.41) is 5.66. The maximum absolute atomic E-state index is 12.5. The highest BCUT2D eigenvalue weighted by atomic mass is 16.5. The minimum Gasteiger partial charge on any atom is -0.466 e. The van der Waals surface area contributed by atoms with E-state index in [1.807, 2.05) is 39.0 Å². The SMILES string of the molecule is CCCOC(=O)CC1C(=O)NCCN1CC(=O)Nc1c(C)cccc1C. The van der Waals surface area contributed by atoms with Crippen molar-refractivity contribution in [3.05, 3.63) is 29.3 Å². The molecule has 0 saturated carbocycles. The number of aryl methyl sites for hydroxylation is 2. The standard InChI is InChI=1S/C19H27N3O4/c1-4-10-26-17(24)11-15-19(25)20-8-9-22(15)12-16(23)21-18-13(2)6-5-7-14(18)3/h5-7,15H,4,8-12H2,1-3H3,(H,20,25)(H,21,23). The molecule has 1 aromatic rings. The minimum absolute atomic E-state index is 0.0485. The van der Waals surface area contributed by atoms with Gasteiger partial charge >= 0.3 is 5.97 Å². The molecule has 7 heteroatoms. The first-order valence-electron chi connectivity index (χ1n) is 8.95. The predicted molar refractivity (Wildman–Crippen MR) is 98.8 cm³/mol. The Balaban J connectivity index is 2.01. The quantitative estimate of drug-likeness (QED) is 0.717. The van der Waals surface area contributed by atoms with Gasteiger partial charge in [0, 0.05) is 18.8 Å². The average Bonchev–Trinajstić information content (AvgIpc) is 2.59. The number of amides is 2. The van der Waals surface area contributed by atoms with E-state index in [0.717, 1.165) is 23.2 Å². The number of nitrogens with zero attached hydrogens (tertiary/aromatic N) is 1. The number of ether oxygens (including phenoxy) is 1. The van der Waals surface area contributed by atoms with Crippen molar-refractivity contribution in [3.63, 3.8) is 0 Å². The van der Waals surface area contributed by atoms with Crippen LogP contribution < -0.4 is 10.6 Å². The van der Waals surface area contributed by atoms with E-state index in [1.54, 1.807) is 4.90 Å². The Bertz CT molecular complexity index is 654. The fourth-order valence-corrected chi connectivity index (χ4v) is 2.98. The van der Waals surface area contributed by atoms with Crippen LogP contribution in [0.3, 0.4) is 0 Å². The number of carbonyl (C=O) groups excluding carboxylic acids is 3. The Kier molecular flexibility index (Phi) is 7.15. The van der Waals surface area contributed by atoms with E-state index in [9.17, 15) is 14.4 Å². The highest BCUT2D eigenvalue weighted by molar-refractivity contribution is 5.95. The fourth-order valence-electron chi connectivity index (χ4n) is 2.98. The number of anilines is 1. The van der Waals surface area contributed by atoms with Gasteiger partial charge in [-0.3, -0.25) is 19.3 Å². The van der Waals surface area contributed by atoms with Gasteiger partial charge in [-0.15, -0.1) is 0 Å². The van der Waals surface area contributed by atoms with Crippen LogP contribution in [-0.4, -0.2) is 55.0 Å². The second kappa shape index (κ2) is 9.33. The highest BCUT2D eigenvalue weighted by Crippen LogP contribution is 2.19. The number of piperazine rings is 1. The van der Waals surface area contributed by atoms with E-state index in [1.165, 1.54) is 0 Å². The third kappa shape index (κ3) is 5.29. The van der Waals surface area contributed by atoms with Gasteiger partial charge in [-0.2, -0.15) is 0 Å².